The number of hydrogen-bond acceptors (Lipinski definition) is 1. The third-order valence-electron chi connectivity index (χ3n) is 5.53. The van der Waals surface area contributed by atoms with Gasteiger partial charge in [-0.25, -0.2) is 0 Å². The van der Waals surface area contributed by atoms with Crippen LogP contribution < -0.4 is 0 Å². The molecule has 0 aromatic carbocycles. The number of rotatable bonds is 2. The average Bonchev–Trinajstić information content (AvgIpc) is 2.90. The Morgan fingerprint density at radius 2 is 1.73 bits per heavy atom. The Kier molecular flexibility index (Phi) is 2.37. The fourth-order valence-electron chi connectivity index (χ4n) is 4.80. The van der Waals surface area contributed by atoms with Crippen LogP contribution >= 0.6 is 0 Å². The minimum atomic E-state index is 0.142. The van der Waals surface area contributed by atoms with E-state index in [0.717, 1.165) is 17.8 Å². The topological polar surface area (TPSA) is 17.1 Å². The summed E-state index contributed by atoms with van der Waals surface area (Å²) in [6.45, 7) is 0. The molecule has 3 atom stereocenters. The van der Waals surface area contributed by atoms with Gasteiger partial charge < -0.3 is 4.79 Å². The summed E-state index contributed by atoms with van der Waals surface area (Å²) in [6.07, 6.45) is 13.6. The van der Waals surface area contributed by atoms with Crippen molar-refractivity contribution in [3.8, 4) is 0 Å². The minimum absolute atomic E-state index is 0.142. The quantitative estimate of drug-likeness (QED) is 0.631. The van der Waals surface area contributed by atoms with Crippen LogP contribution in [0.15, 0.2) is 0 Å². The van der Waals surface area contributed by atoms with Gasteiger partial charge in [0.25, 0.3) is 0 Å². The maximum Gasteiger partial charge on any atom is 0.126 e. The fourth-order valence-corrected chi connectivity index (χ4v) is 4.80. The van der Waals surface area contributed by atoms with E-state index >= 15 is 0 Å². The molecule has 3 saturated carbocycles. The van der Waals surface area contributed by atoms with Gasteiger partial charge in [-0.1, -0.05) is 25.7 Å². The number of carbonyl (C=O) groups is 1. The zero-order valence-corrected chi connectivity index (χ0v) is 9.58. The molecule has 0 N–H and O–H groups in total. The molecule has 0 heterocycles. The predicted molar refractivity (Wildman–Crippen MR) is 60.5 cm³/mol. The van der Waals surface area contributed by atoms with Crippen molar-refractivity contribution in [2.45, 2.75) is 57.8 Å². The summed E-state index contributed by atoms with van der Waals surface area (Å²) in [5.74, 6) is 2.42. The minimum Gasteiger partial charge on any atom is -0.303 e. The fraction of sp³-hybridized carbons (Fsp3) is 0.929. The molecule has 3 fully saturated rings. The Morgan fingerprint density at radius 1 is 0.933 bits per heavy atom. The second-order valence-corrected chi connectivity index (χ2v) is 6.15. The lowest BCUT2D eigenvalue weighted by Gasteiger charge is -2.41. The molecular formula is C14H22O. The van der Waals surface area contributed by atoms with Crippen LogP contribution in [-0.2, 0) is 4.79 Å². The highest BCUT2D eigenvalue weighted by molar-refractivity contribution is 5.62. The highest BCUT2D eigenvalue weighted by atomic mass is 16.1. The lowest BCUT2D eigenvalue weighted by Crippen LogP contribution is -2.38. The first kappa shape index (κ1) is 9.86. The van der Waals surface area contributed by atoms with Gasteiger partial charge in [0.05, 0.1) is 0 Å². The first-order valence-electron chi connectivity index (χ1n) is 6.81. The van der Waals surface area contributed by atoms with Gasteiger partial charge in [0.1, 0.15) is 6.29 Å². The molecule has 0 spiro atoms. The van der Waals surface area contributed by atoms with Crippen LogP contribution in [-0.4, -0.2) is 6.29 Å². The van der Waals surface area contributed by atoms with Crippen molar-refractivity contribution >= 4 is 6.29 Å². The molecule has 3 rings (SSSR count). The van der Waals surface area contributed by atoms with Gasteiger partial charge in [-0.15, -0.1) is 0 Å². The van der Waals surface area contributed by atoms with E-state index in [0.29, 0.717) is 0 Å². The van der Waals surface area contributed by atoms with E-state index < -0.39 is 0 Å². The van der Waals surface area contributed by atoms with E-state index in [1.807, 2.05) is 0 Å². The monoisotopic (exact) mass is 206 g/mol. The highest BCUT2D eigenvalue weighted by Crippen LogP contribution is 2.60. The first-order valence-corrected chi connectivity index (χ1v) is 6.81. The van der Waals surface area contributed by atoms with Gasteiger partial charge in [0, 0.05) is 5.41 Å². The summed E-state index contributed by atoms with van der Waals surface area (Å²) in [7, 11) is 0. The van der Waals surface area contributed by atoms with Crippen LogP contribution in [0.3, 0.4) is 0 Å². The molecule has 0 radical (unpaired) electrons. The Morgan fingerprint density at radius 3 is 2.27 bits per heavy atom. The molecule has 0 aromatic heterocycles. The molecule has 15 heavy (non-hydrogen) atoms. The highest BCUT2D eigenvalue weighted by Gasteiger charge is 2.54. The summed E-state index contributed by atoms with van der Waals surface area (Å²) >= 11 is 0. The second-order valence-electron chi connectivity index (χ2n) is 6.15. The van der Waals surface area contributed by atoms with E-state index in [2.05, 4.69) is 0 Å². The molecule has 0 aliphatic heterocycles. The van der Waals surface area contributed by atoms with Gasteiger partial charge in [-0.05, 0) is 49.9 Å². The van der Waals surface area contributed by atoms with E-state index in [-0.39, 0.29) is 5.41 Å². The van der Waals surface area contributed by atoms with Gasteiger partial charge in [0.15, 0.2) is 0 Å². The van der Waals surface area contributed by atoms with Gasteiger partial charge >= 0.3 is 0 Å². The summed E-state index contributed by atoms with van der Waals surface area (Å²) in [6, 6.07) is 0. The van der Waals surface area contributed by atoms with Crippen molar-refractivity contribution in [1.82, 2.24) is 0 Å². The molecule has 0 amide bonds. The number of fused-ring (bicyclic) bond motifs is 2. The lowest BCUT2D eigenvalue weighted by molar-refractivity contribution is -0.123. The van der Waals surface area contributed by atoms with Crippen LogP contribution in [0.2, 0.25) is 0 Å². The van der Waals surface area contributed by atoms with E-state index in [1.54, 1.807) is 0 Å². The van der Waals surface area contributed by atoms with E-state index in [1.165, 1.54) is 64.1 Å². The molecular weight excluding hydrogens is 184 g/mol. The number of carbonyl (C=O) groups excluding carboxylic acids is 1. The summed E-state index contributed by atoms with van der Waals surface area (Å²) in [5, 5.41) is 0. The van der Waals surface area contributed by atoms with Crippen molar-refractivity contribution in [3.05, 3.63) is 0 Å². The molecule has 2 bridgehead atoms. The number of hydrogen-bond donors (Lipinski definition) is 0. The van der Waals surface area contributed by atoms with E-state index in [4.69, 9.17) is 0 Å². The molecule has 3 unspecified atom stereocenters. The molecule has 3 aliphatic carbocycles. The van der Waals surface area contributed by atoms with Crippen LogP contribution in [0.1, 0.15) is 57.8 Å². The largest absolute Gasteiger partial charge is 0.303 e. The van der Waals surface area contributed by atoms with Crippen molar-refractivity contribution in [1.29, 1.82) is 0 Å². The predicted octanol–water partition coefficient (Wildman–Crippen LogP) is 3.57. The smallest absolute Gasteiger partial charge is 0.126 e. The van der Waals surface area contributed by atoms with Gasteiger partial charge in [-0.3, -0.25) is 0 Å². The Hall–Kier alpha value is -0.330. The molecule has 1 nitrogen and oxygen atoms in total. The Bertz CT molecular complexity index is 254. The normalized spacial score (nSPS) is 45.9. The third-order valence-corrected chi connectivity index (χ3v) is 5.53. The zero-order valence-electron chi connectivity index (χ0n) is 9.58. The van der Waals surface area contributed by atoms with Gasteiger partial charge in [-0.2, -0.15) is 0 Å². The maximum absolute atomic E-state index is 11.6. The number of aldehydes is 1. The van der Waals surface area contributed by atoms with Crippen LogP contribution in [0, 0.1) is 23.2 Å². The zero-order chi connectivity index (χ0) is 10.3. The molecule has 3 aliphatic rings. The lowest BCUT2D eigenvalue weighted by atomic mass is 9.62. The van der Waals surface area contributed by atoms with Gasteiger partial charge in [0.2, 0.25) is 0 Å². The Labute approximate surface area is 92.6 Å². The first-order chi connectivity index (χ1) is 7.35. The second kappa shape index (κ2) is 3.61. The third kappa shape index (κ3) is 1.38. The summed E-state index contributed by atoms with van der Waals surface area (Å²) in [5.41, 5.74) is 0.142. The van der Waals surface area contributed by atoms with Crippen molar-refractivity contribution in [2.24, 2.45) is 23.2 Å². The Balaban J connectivity index is 1.82. The van der Waals surface area contributed by atoms with Crippen LogP contribution in [0.25, 0.3) is 0 Å². The summed E-state index contributed by atoms with van der Waals surface area (Å²) in [4.78, 5) is 11.6. The molecule has 0 aromatic rings. The standard InChI is InChI=1S/C14H22O/c15-10-14(12-4-2-1-3-5-12)9-11-6-7-13(14)8-11/h10-13H,1-9H2. The van der Waals surface area contributed by atoms with Crippen molar-refractivity contribution in [3.63, 3.8) is 0 Å². The van der Waals surface area contributed by atoms with Crippen molar-refractivity contribution in [2.75, 3.05) is 0 Å². The molecule has 0 saturated heterocycles. The SMILES string of the molecule is O=CC1(C2CCCCC2)CC2CCC1C2. The average molecular weight is 206 g/mol. The van der Waals surface area contributed by atoms with Crippen LogP contribution in [0.4, 0.5) is 0 Å². The van der Waals surface area contributed by atoms with Crippen LogP contribution in [0.5, 0.6) is 0 Å². The molecule has 84 valence electrons. The van der Waals surface area contributed by atoms with Crippen molar-refractivity contribution < 1.29 is 4.79 Å². The summed E-state index contributed by atoms with van der Waals surface area (Å²) < 4.78 is 0. The van der Waals surface area contributed by atoms with E-state index in [9.17, 15) is 4.79 Å². The maximum atomic E-state index is 11.6. The molecule has 1 heteroatoms.